The van der Waals surface area contributed by atoms with Gasteiger partial charge < -0.3 is 0 Å². The molecule has 0 saturated carbocycles. The third kappa shape index (κ3) is 4.45. The summed E-state index contributed by atoms with van der Waals surface area (Å²) < 4.78 is 0. The van der Waals surface area contributed by atoms with Crippen LogP contribution >= 0.6 is 22.7 Å². The first kappa shape index (κ1) is 17.7. The van der Waals surface area contributed by atoms with Crippen LogP contribution in [0.3, 0.4) is 0 Å². The Bertz CT molecular complexity index is 572. The van der Waals surface area contributed by atoms with E-state index >= 15 is 0 Å². The summed E-state index contributed by atoms with van der Waals surface area (Å²) in [6.07, 6.45) is 6.62. The van der Waals surface area contributed by atoms with Gasteiger partial charge in [0, 0.05) is 19.5 Å². The normalized spacial score (nSPS) is 11.8. The van der Waals surface area contributed by atoms with Crippen LogP contribution in [0.5, 0.6) is 0 Å². The molecule has 0 aliphatic heterocycles. The predicted octanol–water partition coefficient (Wildman–Crippen LogP) is 7.85. The molecule has 0 aliphatic rings. The molecule has 2 heterocycles. The molecule has 0 nitrogen and oxygen atoms in total. The Morgan fingerprint density at radius 2 is 1.59 bits per heavy atom. The molecule has 0 amide bonds. The van der Waals surface area contributed by atoms with Gasteiger partial charge in [0.2, 0.25) is 0 Å². The van der Waals surface area contributed by atoms with Gasteiger partial charge in [-0.3, -0.25) is 0 Å². The maximum atomic E-state index is 2.48. The predicted molar refractivity (Wildman–Crippen MR) is 104 cm³/mol. The van der Waals surface area contributed by atoms with Crippen LogP contribution in [0.2, 0.25) is 0 Å². The summed E-state index contributed by atoms with van der Waals surface area (Å²) in [6.45, 7) is 11.5. The lowest BCUT2D eigenvalue weighted by molar-refractivity contribution is 0.667. The smallest absolute Gasteiger partial charge is 0.0477 e. The van der Waals surface area contributed by atoms with E-state index in [0.29, 0.717) is 11.8 Å². The first-order chi connectivity index (χ1) is 10.5. The molecule has 0 spiro atoms. The zero-order valence-corrected chi connectivity index (χ0v) is 16.4. The van der Waals surface area contributed by atoms with Crippen LogP contribution in [-0.2, 0) is 6.42 Å². The van der Waals surface area contributed by atoms with E-state index in [1.54, 1.807) is 10.4 Å². The summed E-state index contributed by atoms with van der Waals surface area (Å²) in [5.41, 5.74) is 1.59. The lowest BCUT2D eigenvalue weighted by Gasteiger charge is -2.02. The third-order valence-corrected chi connectivity index (χ3v) is 7.16. The Balaban J connectivity index is 2.23. The van der Waals surface area contributed by atoms with Crippen molar-refractivity contribution in [3.05, 3.63) is 33.5 Å². The molecule has 0 aliphatic carbocycles. The van der Waals surface area contributed by atoms with E-state index in [2.05, 4.69) is 52.8 Å². The third-order valence-electron chi connectivity index (χ3n) is 4.12. The minimum absolute atomic E-state index is 0.635. The Morgan fingerprint density at radius 1 is 0.864 bits per heavy atom. The summed E-state index contributed by atoms with van der Waals surface area (Å²) in [4.78, 5) is 6.06. The van der Waals surface area contributed by atoms with Gasteiger partial charge in [-0.15, -0.1) is 22.7 Å². The molecule has 0 aromatic carbocycles. The van der Waals surface area contributed by atoms with Gasteiger partial charge in [0.1, 0.15) is 0 Å². The number of unbranched alkanes of at least 4 members (excludes halogenated alkanes) is 3. The molecule has 0 atom stereocenters. The minimum atomic E-state index is 0.635. The first-order valence-electron chi connectivity index (χ1n) is 8.75. The number of hydrogen-bond donors (Lipinski definition) is 0. The SMILES string of the molecule is CCCCCCc1cc(C(C)C)sc1-c1ccc(C(C)C)s1. The lowest BCUT2D eigenvalue weighted by Crippen LogP contribution is -1.86. The molecule has 2 aromatic heterocycles. The fraction of sp³-hybridized carbons (Fsp3) is 0.600. The van der Waals surface area contributed by atoms with Crippen LogP contribution in [0.15, 0.2) is 18.2 Å². The second-order valence-electron chi connectivity index (χ2n) is 6.83. The van der Waals surface area contributed by atoms with Gasteiger partial charge in [0.25, 0.3) is 0 Å². The van der Waals surface area contributed by atoms with Gasteiger partial charge in [0.15, 0.2) is 0 Å². The average molecular weight is 335 g/mol. The molecule has 2 rings (SSSR count). The quantitative estimate of drug-likeness (QED) is 0.431. The van der Waals surface area contributed by atoms with Crippen molar-refractivity contribution in [2.24, 2.45) is 0 Å². The van der Waals surface area contributed by atoms with E-state index in [1.807, 2.05) is 22.7 Å². The molecule has 2 aromatic rings. The highest BCUT2D eigenvalue weighted by atomic mass is 32.1. The van der Waals surface area contributed by atoms with Crippen LogP contribution in [0.1, 0.15) is 87.5 Å². The largest absolute Gasteiger partial charge is 0.139 e. The molecule has 0 N–H and O–H groups in total. The summed E-state index contributed by atoms with van der Waals surface area (Å²) in [6, 6.07) is 7.14. The van der Waals surface area contributed by atoms with Crippen LogP contribution in [0.25, 0.3) is 9.75 Å². The highest BCUT2D eigenvalue weighted by molar-refractivity contribution is 7.22. The molecule has 22 heavy (non-hydrogen) atoms. The van der Waals surface area contributed by atoms with Crippen molar-refractivity contribution in [1.29, 1.82) is 0 Å². The molecule has 0 saturated heterocycles. The fourth-order valence-electron chi connectivity index (χ4n) is 2.66. The first-order valence-corrected chi connectivity index (χ1v) is 10.4. The Labute approximate surface area is 144 Å². The number of rotatable bonds is 8. The highest BCUT2D eigenvalue weighted by Crippen LogP contribution is 2.41. The number of aryl methyl sites for hydroxylation is 1. The maximum Gasteiger partial charge on any atom is 0.0477 e. The van der Waals surface area contributed by atoms with E-state index in [1.165, 1.54) is 46.7 Å². The molecule has 122 valence electrons. The van der Waals surface area contributed by atoms with E-state index in [9.17, 15) is 0 Å². The summed E-state index contributed by atoms with van der Waals surface area (Å²) in [5, 5.41) is 0. The van der Waals surface area contributed by atoms with Crippen molar-refractivity contribution in [2.45, 2.75) is 78.6 Å². The van der Waals surface area contributed by atoms with E-state index in [-0.39, 0.29) is 0 Å². The zero-order chi connectivity index (χ0) is 16.1. The summed E-state index contributed by atoms with van der Waals surface area (Å²) in [5.74, 6) is 1.27. The Kier molecular flexibility index (Phi) is 6.70. The molecule has 0 bridgehead atoms. The average Bonchev–Trinajstić information content (AvgIpc) is 3.10. The molecular weight excluding hydrogens is 304 g/mol. The number of thiophene rings is 2. The zero-order valence-electron chi connectivity index (χ0n) is 14.7. The van der Waals surface area contributed by atoms with Crippen molar-refractivity contribution in [2.75, 3.05) is 0 Å². The standard InChI is InChI=1S/C20H30S2/c1-6-7-8-9-10-16-13-19(15(4)5)22-20(16)18-12-11-17(21-18)14(2)3/h11-15H,6-10H2,1-5H3. The van der Waals surface area contributed by atoms with Gasteiger partial charge in [0.05, 0.1) is 0 Å². The molecule has 0 radical (unpaired) electrons. The van der Waals surface area contributed by atoms with Crippen LogP contribution in [0.4, 0.5) is 0 Å². The summed E-state index contributed by atoms with van der Waals surface area (Å²) in [7, 11) is 0. The second-order valence-corrected chi connectivity index (χ2v) is 9.02. The minimum Gasteiger partial charge on any atom is -0.139 e. The topological polar surface area (TPSA) is 0 Å². The summed E-state index contributed by atoms with van der Waals surface area (Å²) >= 11 is 4.01. The number of hydrogen-bond acceptors (Lipinski definition) is 2. The van der Waals surface area contributed by atoms with E-state index < -0.39 is 0 Å². The molecule has 0 fully saturated rings. The van der Waals surface area contributed by atoms with Gasteiger partial charge in [-0.25, -0.2) is 0 Å². The highest BCUT2D eigenvalue weighted by Gasteiger charge is 2.15. The fourth-order valence-corrected chi connectivity index (χ4v) is 5.03. The van der Waals surface area contributed by atoms with Crippen molar-refractivity contribution >= 4 is 22.7 Å². The van der Waals surface area contributed by atoms with Crippen molar-refractivity contribution in [1.82, 2.24) is 0 Å². The van der Waals surface area contributed by atoms with Crippen molar-refractivity contribution < 1.29 is 0 Å². The Morgan fingerprint density at radius 3 is 2.18 bits per heavy atom. The monoisotopic (exact) mass is 334 g/mol. The van der Waals surface area contributed by atoms with Crippen molar-refractivity contribution in [3.63, 3.8) is 0 Å². The van der Waals surface area contributed by atoms with Gasteiger partial charge >= 0.3 is 0 Å². The van der Waals surface area contributed by atoms with Crippen LogP contribution in [-0.4, -0.2) is 0 Å². The van der Waals surface area contributed by atoms with E-state index in [4.69, 9.17) is 0 Å². The van der Waals surface area contributed by atoms with Crippen LogP contribution < -0.4 is 0 Å². The van der Waals surface area contributed by atoms with E-state index in [0.717, 1.165) is 0 Å². The lowest BCUT2D eigenvalue weighted by atomic mass is 10.0. The molecular formula is C20H30S2. The van der Waals surface area contributed by atoms with Crippen molar-refractivity contribution in [3.8, 4) is 9.75 Å². The second kappa shape index (κ2) is 8.31. The maximum absolute atomic E-state index is 2.48. The van der Waals surface area contributed by atoms with Gasteiger partial charge in [-0.1, -0.05) is 53.9 Å². The Hall–Kier alpha value is -0.600. The van der Waals surface area contributed by atoms with Gasteiger partial charge in [-0.2, -0.15) is 0 Å². The van der Waals surface area contributed by atoms with Crippen LogP contribution in [0, 0.1) is 0 Å². The van der Waals surface area contributed by atoms with Gasteiger partial charge in [-0.05, 0) is 48.4 Å². The molecule has 0 unspecified atom stereocenters. The molecule has 2 heteroatoms.